The van der Waals surface area contributed by atoms with Crippen LogP contribution >= 0.6 is 0 Å². The number of amides is 5. The molecule has 3 saturated carbocycles. The number of methoxy groups -OCH3 is 1. The summed E-state index contributed by atoms with van der Waals surface area (Å²) in [5.41, 5.74) is -3.07. The van der Waals surface area contributed by atoms with Gasteiger partial charge in [0.25, 0.3) is 11.8 Å². The van der Waals surface area contributed by atoms with Gasteiger partial charge in [-0.1, -0.05) is 62.1 Å². The second kappa shape index (κ2) is 17.9. The van der Waals surface area contributed by atoms with Gasteiger partial charge in [0, 0.05) is 54.5 Å². The highest BCUT2D eigenvalue weighted by molar-refractivity contribution is 6.13. The van der Waals surface area contributed by atoms with Crippen molar-refractivity contribution in [3.63, 3.8) is 0 Å². The smallest absolute Gasteiger partial charge is 0.253 e. The molecule has 2 aromatic carbocycles. The summed E-state index contributed by atoms with van der Waals surface area (Å²) in [4.78, 5) is 78.6. The Hall–Kier alpha value is -5.88. The normalized spacial score (nSPS) is 33.2. The molecule has 2 aliphatic heterocycles. The van der Waals surface area contributed by atoms with Gasteiger partial charge in [-0.3, -0.25) is 33.7 Å². The van der Waals surface area contributed by atoms with Crippen LogP contribution in [0.3, 0.4) is 0 Å². The minimum absolute atomic E-state index is 0.138. The third-order valence-corrected chi connectivity index (χ3v) is 15.6. The number of aliphatic hydroxyl groups is 2. The molecule has 8 rings (SSSR count). The van der Waals surface area contributed by atoms with Crippen LogP contribution in [0, 0.1) is 22.7 Å². The fourth-order valence-electron chi connectivity index (χ4n) is 12.0. The number of carbonyl (C=O) groups excluding carboxylic acids is 6. The van der Waals surface area contributed by atoms with Crippen molar-refractivity contribution in [3.05, 3.63) is 107 Å². The van der Waals surface area contributed by atoms with Gasteiger partial charge in [0.1, 0.15) is 30.6 Å². The standard InChI is InChI=1S/C51H58F2N4O11/c1-27-16-18-48(4)35(20-27)36(52)23-34-33-24-41-51(40(60)26-58,49(33,5)25-39(59)50(34,48)53)68-47(67-41)32-11-8-30(9-12-32)21-31-10-13-37(38(22-31)66-7)56(6)46(65)29(3)55-45(64)28(2)54-42(61)17-19-57-43(62)14-15-44(57)63/h8-16,18,20,22,28-29,33-34,36,39,41,47,58-59H,1,17,19,21,23-26H2,2-7H3,(H,54,61)(H,55,64)/t28-,29-,33-,34-,36-,39-,41+,47+,48-,49-,50-,51+/m0/s1. The Labute approximate surface area is 393 Å². The number of carbonyl (C=O) groups is 6. The molecular weight excluding hydrogens is 883 g/mol. The fourth-order valence-corrected chi connectivity index (χ4v) is 12.0. The van der Waals surface area contributed by atoms with E-state index in [9.17, 15) is 39.0 Å². The monoisotopic (exact) mass is 940 g/mol. The van der Waals surface area contributed by atoms with Crippen LogP contribution in [0.15, 0.2) is 90.6 Å². The van der Waals surface area contributed by atoms with Gasteiger partial charge in [-0.25, -0.2) is 8.78 Å². The first-order valence-electron chi connectivity index (χ1n) is 22.9. The van der Waals surface area contributed by atoms with Crippen molar-refractivity contribution in [2.45, 2.75) is 108 Å². The van der Waals surface area contributed by atoms with Crippen LogP contribution in [0.25, 0.3) is 0 Å². The number of nitrogens with one attached hydrogen (secondary N) is 2. The maximum atomic E-state index is 17.9. The number of hydrogen-bond donors (Lipinski definition) is 4. The molecule has 0 unspecified atom stereocenters. The summed E-state index contributed by atoms with van der Waals surface area (Å²) in [6.45, 7) is 9.26. The summed E-state index contributed by atoms with van der Waals surface area (Å²) < 4.78 is 52.8. The molecule has 15 nitrogen and oxygen atoms in total. The summed E-state index contributed by atoms with van der Waals surface area (Å²) in [6.07, 6.45) is 2.11. The quantitative estimate of drug-likeness (QED) is 0.198. The van der Waals surface area contributed by atoms with Crippen molar-refractivity contribution in [2.75, 3.05) is 32.2 Å². The second-order valence-corrected chi connectivity index (χ2v) is 19.4. The number of benzene rings is 2. The third kappa shape index (κ3) is 7.71. The molecule has 5 amide bonds. The van der Waals surface area contributed by atoms with E-state index in [4.69, 9.17) is 14.2 Å². The average Bonchev–Trinajstić information content (AvgIpc) is 3.94. The van der Waals surface area contributed by atoms with Crippen LogP contribution in [0.1, 0.15) is 76.4 Å². The van der Waals surface area contributed by atoms with Crippen LogP contribution in [0.4, 0.5) is 14.5 Å². The van der Waals surface area contributed by atoms with Crippen molar-refractivity contribution in [2.24, 2.45) is 22.7 Å². The van der Waals surface area contributed by atoms with Crippen molar-refractivity contribution < 1.29 is 62.0 Å². The highest BCUT2D eigenvalue weighted by Gasteiger charge is 2.80. The summed E-state index contributed by atoms with van der Waals surface area (Å²) in [5, 5.41) is 27.4. The van der Waals surface area contributed by atoms with Crippen LogP contribution in [-0.2, 0) is 44.7 Å². The van der Waals surface area contributed by atoms with Gasteiger partial charge in [-0.05, 0) is 86.8 Å². The van der Waals surface area contributed by atoms with Crippen molar-refractivity contribution >= 4 is 41.0 Å². The molecule has 0 spiro atoms. The van der Waals surface area contributed by atoms with E-state index in [0.29, 0.717) is 29.0 Å². The van der Waals surface area contributed by atoms with Crippen LogP contribution in [0.2, 0.25) is 0 Å². The molecule has 362 valence electrons. The predicted molar refractivity (Wildman–Crippen MR) is 243 cm³/mol. The summed E-state index contributed by atoms with van der Waals surface area (Å²) in [6, 6.07) is 10.7. The maximum Gasteiger partial charge on any atom is 0.253 e. The Morgan fingerprint density at radius 3 is 2.32 bits per heavy atom. The predicted octanol–water partition coefficient (Wildman–Crippen LogP) is 4.20. The van der Waals surface area contributed by atoms with Crippen molar-refractivity contribution in [1.29, 1.82) is 0 Å². The molecule has 0 radical (unpaired) electrons. The molecule has 0 bridgehead atoms. The molecule has 4 aliphatic carbocycles. The zero-order chi connectivity index (χ0) is 49.2. The lowest BCUT2D eigenvalue weighted by atomic mass is 9.44. The molecule has 6 aliphatic rings. The molecule has 68 heavy (non-hydrogen) atoms. The van der Waals surface area contributed by atoms with Gasteiger partial charge in [-0.2, -0.15) is 0 Å². The SMILES string of the molecule is C=C1C=C[C@@]2(C)C(=C1)[C@@H](F)C[C@H]1[C@@H]3C[C@H]4O[C@@H](c5ccc(Cc6ccc(N(C)C(=O)[C@H](C)NC(=O)[C@H](C)NC(=O)CCN7C(=O)C=CC7=O)c(OC)c6)cc5)O[C@@]4(C(=O)CO)[C@@]3(C)C[C@H](O)[C@@]12F. The van der Waals surface area contributed by atoms with Gasteiger partial charge in [0.15, 0.2) is 23.3 Å². The maximum absolute atomic E-state index is 17.9. The number of anilines is 1. The number of fused-ring (bicyclic) bond motifs is 7. The number of ether oxygens (including phenoxy) is 3. The molecule has 17 heteroatoms. The molecule has 4 fully saturated rings. The Morgan fingerprint density at radius 1 is 0.985 bits per heavy atom. The van der Waals surface area contributed by atoms with Crippen molar-refractivity contribution in [3.8, 4) is 5.75 Å². The number of ketones is 1. The van der Waals surface area contributed by atoms with E-state index in [0.717, 1.165) is 28.2 Å². The number of alkyl halides is 2. The molecule has 0 aromatic heterocycles. The van der Waals surface area contributed by atoms with Crippen molar-refractivity contribution in [1.82, 2.24) is 15.5 Å². The van der Waals surface area contributed by atoms with Crippen LogP contribution < -0.4 is 20.3 Å². The molecule has 4 N–H and O–H groups in total. The number of Topliss-reactive ketones (excluding diaryl/α,β-unsaturated/α-hetero) is 1. The van der Waals surface area contributed by atoms with Gasteiger partial charge < -0.3 is 40.0 Å². The summed E-state index contributed by atoms with van der Waals surface area (Å²) in [7, 11) is 3.01. The van der Waals surface area contributed by atoms with E-state index in [1.54, 1.807) is 51.3 Å². The van der Waals surface area contributed by atoms with E-state index >= 15 is 8.78 Å². The van der Waals surface area contributed by atoms with Gasteiger partial charge in [0.05, 0.1) is 25.0 Å². The average molecular weight is 941 g/mol. The van der Waals surface area contributed by atoms with E-state index in [2.05, 4.69) is 17.2 Å². The van der Waals surface area contributed by atoms with Crippen LogP contribution in [0.5, 0.6) is 5.75 Å². The Kier molecular flexibility index (Phi) is 12.8. The van der Waals surface area contributed by atoms with E-state index in [-0.39, 0.29) is 37.8 Å². The lowest BCUT2D eigenvalue weighted by Crippen LogP contribution is -2.70. The highest BCUT2D eigenvalue weighted by Crippen LogP contribution is 2.72. The number of aliphatic hydroxyl groups excluding tert-OH is 2. The fraction of sp³-hybridized carbons (Fsp3) is 0.490. The van der Waals surface area contributed by atoms with E-state index in [1.807, 2.05) is 30.3 Å². The molecular formula is C51H58F2N4O11. The van der Waals surface area contributed by atoms with Gasteiger partial charge in [0.2, 0.25) is 17.7 Å². The molecule has 2 aromatic rings. The number of rotatable bonds is 14. The van der Waals surface area contributed by atoms with Gasteiger partial charge >= 0.3 is 0 Å². The summed E-state index contributed by atoms with van der Waals surface area (Å²) >= 11 is 0. The number of likely N-dealkylation sites (N-methyl/N-ethyl adjacent to an activating group) is 1. The van der Waals surface area contributed by atoms with E-state index in [1.165, 1.54) is 25.9 Å². The highest BCUT2D eigenvalue weighted by atomic mass is 19.1. The molecule has 12 atom stereocenters. The first-order valence-corrected chi connectivity index (χ1v) is 22.9. The van der Waals surface area contributed by atoms with Gasteiger partial charge in [-0.15, -0.1) is 0 Å². The zero-order valence-electron chi connectivity index (χ0n) is 38.9. The first-order chi connectivity index (χ1) is 32.1. The molecule has 1 saturated heterocycles. The summed E-state index contributed by atoms with van der Waals surface area (Å²) in [5.74, 6) is -4.50. The lowest BCUT2D eigenvalue weighted by molar-refractivity contribution is -0.235. The minimum atomic E-state index is -2.25. The third-order valence-electron chi connectivity index (χ3n) is 15.6. The number of allylic oxidation sites excluding steroid dienone is 5. The first kappa shape index (κ1) is 48.6. The Bertz CT molecular complexity index is 2530. The van der Waals surface area contributed by atoms with E-state index < -0.39 is 113 Å². The second-order valence-electron chi connectivity index (χ2n) is 19.4. The topological polar surface area (TPSA) is 201 Å². The number of halogens is 2. The minimum Gasteiger partial charge on any atom is -0.495 e. The number of hydrogen-bond acceptors (Lipinski definition) is 11. The molecule has 2 heterocycles. The lowest BCUT2D eigenvalue weighted by Gasteiger charge is -2.63. The largest absolute Gasteiger partial charge is 0.495 e. The number of imide groups is 1. The van der Waals surface area contributed by atoms with Crippen LogP contribution in [-0.4, -0.2) is 119 Å². The Morgan fingerprint density at radius 2 is 1.66 bits per heavy atom. The Balaban J connectivity index is 0.905. The number of nitrogens with zero attached hydrogens (tertiary/aromatic N) is 2. The zero-order valence-corrected chi connectivity index (χ0v) is 38.9.